The lowest BCUT2D eigenvalue weighted by Crippen LogP contribution is -2.21. The molecule has 0 aliphatic heterocycles. The third kappa shape index (κ3) is 3.94. The first kappa shape index (κ1) is 11.3. The van der Waals surface area contributed by atoms with Crippen molar-refractivity contribution < 1.29 is 9.15 Å². The van der Waals surface area contributed by atoms with E-state index < -0.39 is 0 Å². The minimum absolute atomic E-state index is 0.482. The second-order valence-electron chi connectivity index (χ2n) is 3.54. The molecule has 0 aliphatic rings. The fourth-order valence-electron chi connectivity index (χ4n) is 1.10. The molecule has 0 aliphatic carbocycles. The van der Waals surface area contributed by atoms with Crippen LogP contribution in [0.3, 0.4) is 0 Å². The van der Waals surface area contributed by atoms with Crippen molar-refractivity contribution in [2.75, 3.05) is 6.61 Å². The van der Waals surface area contributed by atoms with Crippen LogP contribution in [-0.2, 0) is 17.9 Å². The Bertz CT molecular complexity index is 256. The Morgan fingerprint density at radius 3 is 2.71 bits per heavy atom. The van der Waals surface area contributed by atoms with E-state index in [1.54, 1.807) is 0 Å². The summed E-state index contributed by atoms with van der Waals surface area (Å²) >= 11 is 0. The van der Waals surface area contributed by atoms with E-state index in [0.717, 1.165) is 24.7 Å². The van der Waals surface area contributed by atoms with Gasteiger partial charge in [-0.15, -0.1) is 0 Å². The number of hydrogen-bond donors (Lipinski definition) is 1. The summed E-state index contributed by atoms with van der Waals surface area (Å²) in [6, 6.07) is 4.44. The van der Waals surface area contributed by atoms with Crippen molar-refractivity contribution in [2.24, 2.45) is 0 Å². The van der Waals surface area contributed by atoms with Gasteiger partial charge < -0.3 is 14.5 Å². The van der Waals surface area contributed by atoms with E-state index in [-0.39, 0.29) is 0 Å². The molecule has 0 amide bonds. The zero-order valence-corrected chi connectivity index (χ0v) is 9.17. The maximum Gasteiger partial charge on any atom is 0.129 e. The van der Waals surface area contributed by atoms with Crippen LogP contribution in [0.1, 0.15) is 32.3 Å². The topological polar surface area (TPSA) is 34.4 Å². The molecule has 3 heteroatoms. The fraction of sp³-hybridized carbons (Fsp3) is 0.636. The van der Waals surface area contributed by atoms with Crippen molar-refractivity contribution in [3.8, 4) is 0 Å². The van der Waals surface area contributed by atoms with Crippen molar-refractivity contribution >= 4 is 0 Å². The average Bonchev–Trinajstić information content (AvgIpc) is 2.59. The number of rotatable bonds is 6. The molecule has 0 bridgehead atoms. The van der Waals surface area contributed by atoms with Gasteiger partial charge in [0.25, 0.3) is 0 Å². The molecule has 1 heterocycles. The quantitative estimate of drug-likeness (QED) is 0.760. The minimum Gasteiger partial charge on any atom is -0.462 e. The molecule has 0 saturated carbocycles. The summed E-state index contributed by atoms with van der Waals surface area (Å²) in [7, 11) is 0. The number of furan rings is 1. The summed E-state index contributed by atoms with van der Waals surface area (Å²) < 4.78 is 10.8. The number of hydrogen-bond acceptors (Lipinski definition) is 3. The van der Waals surface area contributed by atoms with Crippen LogP contribution in [0, 0.1) is 0 Å². The second-order valence-corrected chi connectivity index (χ2v) is 3.54. The highest BCUT2D eigenvalue weighted by Gasteiger charge is 2.02. The first-order chi connectivity index (χ1) is 6.72. The van der Waals surface area contributed by atoms with Crippen LogP contribution < -0.4 is 5.32 Å². The van der Waals surface area contributed by atoms with Crippen molar-refractivity contribution in [1.82, 2.24) is 5.32 Å². The first-order valence-corrected chi connectivity index (χ1v) is 5.11. The predicted molar refractivity (Wildman–Crippen MR) is 56.0 cm³/mol. The van der Waals surface area contributed by atoms with E-state index >= 15 is 0 Å². The molecule has 1 rings (SSSR count). The lowest BCUT2D eigenvalue weighted by atomic mass is 10.3. The van der Waals surface area contributed by atoms with E-state index in [2.05, 4.69) is 19.2 Å². The minimum atomic E-state index is 0.482. The molecule has 0 aromatic carbocycles. The average molecular weight is 197 g/mol. The summed E-state index contributed by atoms with van der Waals surface area (Å²) in [5.74, 6) is 1.86. The van der Waals surface area contributed by atoms with E-state index in [0.29, 0.717) is 12.6 Å². The normalized spacial score (nSPS) is 11.1. The SMILES string of the molecule is CCOCc1ccc(CNC(C)C)o1. The number of ether oxygens (including phenoxy) is 1. The molecule has 80 valence electrons. The molecular weight excluding hydrogens is 178 g/mol. The Hall–Kier alpha value is -0.800. The zero-order chi connectivity index (χ0) is 10.4. The lowest BCUT2D eigenvalue weighted by Gasteiger charge is -2.04. The van der Waals surface area contributed by atoms with Crippen molar-refractivity contribution in [3.63, 3.8) is 0 Å². The summed E-state index contributed by atoms with van der Waals surface area (Å²) in [6.45, 7) is 8.28. The van der Waals surface area contributed by atoms with Gasteiger partial charge >= 0.3 is 0 Å². The van der Waals surface area contributed by atoms with Gasteiger partial charge in [-0.2, -0.15) is 0 Å². The predicted octanol–water partition coefficient (Wildman–Crippen LogP) is 2.31. The van der Waals surface area contributed by atoms with Crippen LogP contribution >= 0.6 is 0 Å². The van der Waals surface area contributed by atoms with Crippen molar-refractivity contribution in [2.45, 2.75) is 40.0 Å². The monoisotopic (exact) mass is 197 g/mol. The van der Waals surface area contributed by atoms with Gasteiger partial charge in [-0.3, -0.25) is 0 Å². The Morgan fingerprint density at radius 1 is 1.36 bits per heavy atom. The fourth-order valence-corrected chi connectivity index (χ4v) is 1.10. The molecule has 1 N–H and O–H groups in total. The summed E-state index contributed by atoms with van der Waals surface area (Å²) in [5, 5.41) is 3.30. The molecule has 0 saturated heterocycles. The largest absolute Gasteiger partial charge is 0.462 e. The van der Waals surface area contributed by atoms with Crippen LogP contribution in [-0.4, -0.2) is 12.6 Å². The van der Waals surface area contributed by atoms with E-state index in [4.69, 9.17) is 9.15 Å². The van der Waals surface area contributed by atoms with E-state index in [1.807, 2.05) is 19.1 Å². The van der Waals surface area contributed by atoms with Crippen molar-refractivity contribution in [1.29, 1.82) is 0 Å². The van der Waals surface area contributed by atoms with E-state index in [9.17, 15) is 0 Å². The van der Waals surface area contributed by atoms with Crippen LogP contribution in [0.5, 0.6) is 0 Å². The van der Waals surface area contributed by atoms with Gasteiger partial charge in [0.1, 0.15) is 18.1 Å². The number of nitrogens with one attached hydrogen (secondary N) is 1. The van der Waals surface area contributed by atoms with Crippen LogP contribution in [0.2, 0.25) is 0 Å². The molecule has 1 aromatic rings. The lowest BCUT2D eigenvalue weighted by molar-refractivity contribution is 0.117. The van der Waals surface area contributed by atoms with E-state index in [1.165, 1.54) is 0 Å². The Kier molecular flexibility index (Phi) is 4.70. The zero-order valence-electron chi connectivity index (χ0n) is 9.17. The van der Waals surface area contributed by atoms with Gasteiger partial charge in [0.05, 0.1) is 6.54 Å². The highest BCUT2D eigenvalue weighted by molar-refractivity contribution is 5.06. The van der Waals surface area contributed by atoms with Gasteiger partial charge in [0, 0.05) is 12.6 Å². The summed E-state index contributed by atoms with van der Waals surface area (Å²) in [4.78, 5) is 0. The maximum atomic E-state index is 5.55. The highest BCUT2D eigenvalue weighted by Crippen LogP contribution is 2.08. The van der Waals surface area contributed by atoms with Gasteiger partial charge in [-0.25, -0.2) is 0 Å². The standard InChI is InChI=1S/C11H19NO2/c1-4-13-8-11-6-5-10(14-11)7-12-9(2)3/h5-6,9,12H,4,7-8H2,1-3H3. The molecule has 0 unspecified atom stereocenters. The molecule has 3 nitrogen and oxygen atoms in total. The summed E-state index contributed by atoms with van der Waals surface area (Å²) in [6.07, 6.45) is 0. The molecule has 14 heavy (non-hydrogen) atoms. The van der Waals surface area contributed by atoms with Gasteiger partial charge in [-0.1, -0.05) is 13.8 Å². The Labute approximate surface area is 85.4 Å². The molecular formula is C11H19NO2. The maximum absolute atomic E-state index is 5.55. The second kappa shape index (κ2) is 5.83. The molecule has 0 spiro atoms. The first-order valence-electron chi connectivity index (χ1n) is 5.11. The Balaban J connectivity index is 2.35. The van der Waals surface area contributed by atoms with Crippen LogP contribution in [0.15, 0.2) is 16.5 Å². The van der Waals surface area contributed by atoms with Crippen LogP contribution in [0.4, 0.5) is 0 Å². The third-order valence-electron chi connectivity index (χ3n) is 1.85. The molecule has 1 aromatic heterocycles. The van der Waals surface area contributed by atoms with Gasteiger partial charge in [0.2, 0.25) is 0 Å². The molecule has 0 radical (unpaired) electrons. The molecule has 0 atom stereocenters. The summed E-state index contributed by atoms with van der Waals surface area (Å²) in [5.41, 5.74) is 0. The van der Waals surface area contributed by atoms with Gasteiger partial charge in [-0.05, 0) is 19.1 Å². The van der Waals surface area contributed by atoms with Crippen molar-refractivity contribution in [3.05, 3.63) is 23.7 Å². The molecule has 0 fully saturated rings. The highest BCUT2D eigenvalue weighted by atomic mass is 16.5. The Morgan fingerprint density at radius 2 is 2.07 bits per heavy atom. The van der Waals surface area contributed by atoms with Crippen LogP contribution in [0.25, 0.3) is 0 Å². The van der Waals surface area contributed by atoms with Gasteiger partial charge in [0.15, 0.2) is 0 Å². The third-order valence-corrected chi connectivity index (χ3v) is 1.85. The smallest absolute Gasteiger partial charge is 0.129 e.